The lowest BCUT2D eigenvalue weighted by atomic mass is 10.1. The molecule has 31 heavy (non-hydrogen) atoms. The van der Waals surface area contributed by atoms with Crippen molar-refractivity contribution in [3.05, 3.63) is 69.3 Å². The Labute approximate surface area is 191 Å². The highest BCUT2D eigenvalue weighted by Gasteiger charge is 2.29. The summed E-state index contributed by atoms with van der Waals surface area (Å²) in [5.74, 6) is -0.0989. The molecule has 0 bridgehead atoms. The highest BCUT2D eigenvalue weighted by Crippen LogP contribution is 2.22. The first-order valence-electron chi connectivity index (χ1n) is 9.83. The van der Waals surface area contributed by atoms with E-state index in [9.17, 15) is 9.59 Å². The molecule has 3 rings (SSSR count). The van der Waals surface area contributed by atoms with Gasteiger partial charge in [-0.25, -0.2) is 0 Å². The van der Waals surface area contributed by atoms with Gasteiger partial charge in [-0.05, 0) is 55.8 Å². The normalized spacial score (nSPS) is 19.1. The quantitative estimate of drug-likeness (QED) is 0.668. The highest BCUT2D eigenvalue weighted by molar-refractivity contribution is 6.36. The zero-order chi connectivity index (χ0) is 22.5. The van der Waals surface area contributed by atoms with Crippen molar-refractivity contribution in [1.29, 1.82) is 0 Å². The summed E-state index contributed by atoms with van der Waals surface area (Å²) in [6.07, 6.45) is 1.43. The summed E-state index contributed by atoms with van der Waals surface area (Å²) < 4.78 is 10.9. The minimum atomic E-state index is -0.496. The van der Waals surface area contributed by atoms with E-state index in [0.717, 1.165) is 5.56 Å². The summed E-state index contributed by atoms with van der Waals surface area (Å²) in [5.41, 5.74) is 1.10. The average molecular weight is 463 g/mol. The third kappa shape index (κ3) is 6.00. The van der Waals surface area contributed by atoms with Crippen LogP contribution in [-0.4, -0.2) is 49.1 Å². The van der Waals surface area contributed by atoms with E-state index in [4.69, 9.17) is 32.7 Å². The van der Waals surface area contributed by atoms with Crippen LogP contribution in [0.2, 0.25) is 10.0 Å². The van der Waals surface area contributed by atoms with Gasteiger partial charge < -0.3 is 19.7 Å². The van der Waals surface area contributed by atoms with Crippen molar-refractivity contribution in [2.75, 3.05) is 20.2 Å². The molecule has 1 aliphatic heterocycles. The number of carbonyl (C=O) groups excluding carboxylic acids is 2. The van der Waals surface area contributed by atoms with Crippen LogP contribution in [0.25, 0.3) is 6.08 Å². The summed E-state index contributed by atoms with van der Waals surface area (Å²) in [6.45, 7) is 4.69. The van der Waals surface area contributed by atoms with Gasteiger partial charge in [-0.3, -0.25) is 9.59 Å². The molecule has 1 saturated heterocycles. The predicted molar refractivity (Wildman–Crippen MR) is 121 cm³/mol. The van der Waals surface area contributed by atoms with E-state index in [1.54, 1.807) is 48.4 Å². The van der Waals surface area contributed by atoms with Crippen LogP contribution in [0.1, 0.15) is 29.8 Å². The van der Waals surface area contributed by atoms with E-state index in [0.29, 0.717) is 23.9 Å². The first-order valence-corrected chi connectivity index (χ1v) is 10.6. The number of hydrogen-bond acceptors (Lipinski definition) is 4. The van der Waals surface area contributed by atoms with E-state index >= 15 is 0 Å². The summed E-state index contributed by atoms with van der Waals surface area (Å²) >= 11 is 12.1. The van der Waals surface area contributed by atoms with Crippen LogP contribution in [0, 0.1) is 0 Å². The third-order valence-electron chi connectivity index (χ3n) is 4.79. The minimum absolute atomic E-state index is 0.101. The molecule has 2 amide bonds. The lowest BCUT2D eigenvalue weighted by Gasteiger charge is -2.35. The molecule has 8 heteroatoms. The van der Waals surface area contributed by atoms with Crippen molar-refractivity contribution in [1.82, 2.24) is 10.2 Å². The Morgan fingerprint density at radius 1 is 1.10 bits per heavy atom. The van der Waals surface area contributed by atoms with E-state index in [1.807, 2.05) is 13.8 Å². The molecule has 1 N–H and O–H groups in total. The van der Waals surface area contributed by atoms with E-state index in [-0.39, 0.29) is 34.4 Å². The second-order valence-electron chi connectivity index (χ2n) is 7.38. The molecule has 0 aliphatic carbocycles. The molecular formula is C23H24Cl2N2O4. The standard InChI is InChI=1S/C23H24Cl2N2O4/c1-14-12-27(13-15(2)31-14)23(29)21(10-16-4-7-18(30-3)8-5-16)26-22(28)19-9-6-17(24)11-20(19)25/h4-11,14-15H,12-13H2,1-3H3,(H,26,28)/b21-10+. The van der Waals surface area contributed by atoms with Gasteiger partial charge in [0.15, 0.2) is 0 Å². The molecule has 0 radical (unpaired) electrons. The second kappa shape index (κ2) is 10.2. The fourth-order valence-electron chi connectivity index (χ4n) is 3.40. The molecule has 164 valence electrons. The topological polar surface area (TPSA) is 67.9 Å². The maximum absolute atomic E-state index is 13.3. The van der Waals surface area contributed by atoms with Crippen molar-refractivity contribution < 1.29 is 19.1 Å². The molecule has 0 saturated carbocycles. The van der Waals surface area contributed by atoms with Gasteiger partial charge in [-0.2, -0.15) is 0 Å². The lowest BCUT2D eigenvalue weighted by Crippen LogP contribution is -2.50. The largest absolute Gasteiger partial charge is 0.497 e. The van der Waals surface area contributed by atoms with Gasteiger partial charge in [0.2, 0.25) is 0 Å². The first kappa shape index (κ1) is 23.1. The van der Waals surface area contributed by atoms with Gasteiger partial charge in [0.1, 0.15) is 11.4 Å². The molecule has 2 atom stereocenters. The van der Waals surface area contributed by atoms with Crippen LogP contribution in [0.3, 0.4) is 0 Å². The zero-order valence-electron chi connectivity index (χ0n) is 17.5. The molecular weight excluding hydrogens is 439 g/mol. The number of ether oxygens (including phenoxy) is 2. The van der Waals surface area contributed by atoms with Gasteiger partial charge >= 0.3 is 0 Å². The smallest absolute Gasteiger partial charge is 0.270 e. The van der Waals surface area contributed by atoms with Crippen molar-refractivity contribution in [2.24, 2.45) is 0 Å². The molecule has 1 fully saturated rings. The van der Waals surface area contributed by atoms with Crippen LogP contribution in [0.5, 0.6) is 5.75 Å². The molecule has 6 nitrogen and oxygen atoms in total. The predicted octanol–water partition coefficient (Wildman–Crippen LogP) is 4.41. The number of hydrogen-bond donors (Lipinski definition) is 1. The number of carbonyl (C=O) groups is 2. The molecule has 0 spiro atoms. The Morgan fingerprint density at radius 2 is 1.74 bits per heavy atom. The van der Waals surface area contributed by atoms with Crippen LogP contribution in [0.15, 0.2) is 48.2 Å². The zero-order valence-corrected chi connectivity index (χ0v) is 19.0. The van der Waals surface area contributed by atoms with Gasteiger partial charge in [-0.1, -0.05) is 35.3 Å². The van der Waals surface area contributed by atoms with Crippen LogP contribution in [-0.2, 0) is 9.53 Å². The summed E-state index contributed by atoms with van der Waals surface area (Å²) in [5, 5.41) is 3.35. The Hall–Kier alpha value is -2.54. The number of amides is 2. The van der Waals surface area contributed by atoms with Gasteiger partial charge in [0.05, 0.1) is 29.9 Å². The fraction of sp³-hybridized carbons (Fsp3) is 0.304. The second-order valence-corrected chi connectivity index (χ2v) is 8.22. The molecule has 2 aromatic rings. The third-order valence-corrected chi connectivity index (χ3v) is 5.34. The van der Waals surface area contributed by atoms with Crippen molar-refractivity contribution >= 4 is 41.1 Å². The highest BCUT2D eigenvalue weighted by atomic mass is 35.5. The number of rotatable bonds is 5. The number of nitrogens with zero attached hydrogens (tertiary/aromatic N) is 1. The maximum Gasteiger partial charge on any atom is 0.270 e. The number of benzene rings is 2. The Bertz CT molecular complexity index is 982. The lowest BCUT2D eigenvalue weighted by molar-refractivity contribution is -0.139. The van der Waals surface area contributed by atoms with Gasteiger partial charge in [0.25, 0.3) is 11.8 Å². The number of nitrogens with one attached hydrogen (secondary N) is 1. The van der Waals surface area contributed by atoms with Crippen molar-refractivity contribution in [3.8, 4) is 5.75 Å². The Balaban J connectivity index is 1.92. The first-order chi connectivity index (χ1) is 14.8. The number of methoxy groups -OCH3 is 1. The molecule has 0 aromatic heterocycles. The molecule has 1 heterocycles. The number of halogens is 2. The Morgan fingerprint density at radius 3 is 2.32 bits per heavy atom. The fourth-order valence-corrected chi connectivity index (χ4v) is 3.89. The molecule has 1 aliphatic rings. The number of morpholine rings is 1. The van der Waals surface area contributed by atoms with Crippen LogP contribution < -0.4 is 10.1 Å². The van der Waals surface area contributed by atoms with Gasteiger partial charge in [0, 0.05) is 18.1 Å². The van der Waals surface area contributed by atoms with Crippen molar-refractivity contribution in [3.63, 3.8) is 0 Å². The summed E-state index contributed by atoms with van der Waals surface area (Å²) in [6, 6.07) is 11.8. The van der Waals surface area contributed by atoms with E-state index < -0.39 is 5.91 Å². The summed E-state index contributed by atoms with van der Waals surface area (Å²) in [7, 11) is 1.58. The maximum atomic E-state index is 13.3. The molecule has 2 aromatic carbocycles. The average Bonchev–Trinajstić information content (AvgIpc) is 2.72. The Kier molecular flexibility index (Phi) is 7.59. The monoisotopic (exact) mass is 462 g/mol. The molecule has 2 unspecified atom stereocenters. The van der Waals surface area contributed by atoms with Crippen LogP contribution >= 0.6 is 23.2 Å². The van der Waals surface area contributed by atoms with Gasteiger partial charge in [-0.15, -0.1) is 0 Å². The van der Waals surface area contributed by atoms with E-state index in [2.05, 4.69) is 5.32 Å². The van der Waals surface area contributed by atoms with E-state index in [1.165, 1.54) is 12.1 Å². The van der Waals surface area contributed by atoms with Crippen molar-refractivity contribution in [2.45, 2.75) is 26.1 Å². The minimum Gasteiger partial charge on any atom is -0.497 e. The van der Waals surface area contributed by atoms with Crippen LogP contribution in [0.4, 0.5) is 0 Å². The SMILES string of the molecule is COc1ccc(/C=C(/NC(=O)c2ccc(Cl)cc2Cl)C(=O)N2CC(C)OC(C)C2)cc1. The summed E-state index contributed by atoms with van der Waals surface area (Å²) in [4.78, 5) is 27.9.